The van der Waals surface area contributed by atoms with Crippen LogP contribution in [-0.2, 0) is 20.7 Å². The van der Waals surface area contributed by atoms with Crippen molar-refractivity contribution in [1.82, 2.24) is 0 Å². The number of esters is 1. The second kappa shape index (κ2) is 7.94. The third-order valence-corrected chi connectivity index (χ3v) is 3.35. The van der Waals surface area contributed by atoms with Crippen LogP contribution in [0, 0.1) is 5.92 Å². The molecule has 0 aliphatic heterocycles. The van der Waals surface area contributed by atoms with Gasteiger partial charge in [0.05, 0.1) is 0 Å². The molecule has 5 nitrogen and oxygen atoms in total. The number of nitrogens with two attached hydrogens (primary N) is 1. The number of benzene rings is 1. The van der Waals surface area contributed by atoms with Crippen LogP contribution >= 0.6 is 0 Å². The number of hydrogen-bond donors (Lipinski definition) is 2. The van der Waals surface area contributed by atoms with Gasteiger partial charge in [-0.2, -0.15) is 0 Å². The molecular weight excluding hydrogens is 282 g/mol. The highest BCUT2D eigenvalue weighted by Gasteiger charge is 2.25. The van der Waals surface area contributed by atoms with Crippen LogP contribution < -0.4 is 5.73 Å². The van der Waals surface area contributed by atoms with Crippen LogP contribution in [0.4, 0.5) is 0 Å². The van der Waals surface area contributed by atoms with Gasteiger partial charge < -0.3 is 15.6 Å². The first-order valence-corrected chi connectivity index (χ1v) is 7.44. The van der Waals surface area contributed by atoms with E-state index in [4.69, 9.17) is 15.6 Å². The Bertz CT molecular complexity index is 499. The van der Waals surface area contributed by atoms with E-state index in [1.807, 2.05) is 44.2 Å². The van der Waals surface area contributed by atoms with Gasteiger partial charge in [-0.1, -0.05) is 37.3 Å². The van der Waals surface area contributed by atoms with E-state index < -0.39 is 17.6 Å². The number of hydrogen-bond acceptors (Lipinski definition) is 4. The lowest BCUT2D eigenvalue weighted by Gasteiger charge is -2.26. The number of rotatable bonds is 8. The van der Waals surface area contributed by atoms with Crippen LogP contribution in [0.25, 0.3) is 0 Å². The van der Waals surface area contributed by atoms with Gasteiger partial charge >= 0.3 is 11.9 Å². The van der Waals surface area contributed by atoms with Crippen LogP contribution in [0.3, 0.4) is 0 Å². The van der Waals surface area contributed by atoms with E-state index in [1.54, 1.807) is 6.92 Å². The second-order valence-electron chi connectivity index (χ2n) is 6.39. The summed E-state index contributed by atoms with van der Waals surface area (Å²) in [6, 6.07) is 8.87. The molecule has 122 valence electrons. The molecule has 3 N–H and O–H groups in total. The van der Waals surface area contributed by atoms with Gasteiger partial charge in [0.15, 0.2) is 0 Å². The summed E-state index contributed by atoms with van der Waals surface area (Å²) in [7, 11) is 0. The Kier molecular flexibility index (Phi) is 6.56. The van der Waals surface area contributed by atoms with Gasteiger partial charge in [-0.25, -0.2) is 0 Å². The minimum absolute atomic E-state index is 0.133. The molecule has 0 aliphatic rings. The maximum absolute atomic E-state index is 12.0. The van der Waals surface area contributed by atoms with Gasteiger partial charge in [-0.3, -0.25) is 9.59 Å². The lowest BCUT2D eigenvalue weighted by Crippen LogP contribution is -2.34. The maximum Gasteiger partial charge on any atom is 0.320 e. The van der Waals surface area contributed by atoms with Crippen LogP contribution in [0.2, 0.25) is 0 Å². The predicted octanol–water partition coefficient (Wildman–Crippen LogP) is 2.38. The molecule has 0 amide bonds. The summed E-state index contributed by atoms with van der Waals surface area (Å²) in [4.78, 5) is 22.7. The highest BCUT2D eigenvalue weighted by molar-refractivity contribution is 5.73. The van der Waals surface area contributed by atoms with E-state index in [0.717, 1.165) is 5.56 Å². The Morgan fingerprint density at radius 1 is 1.27 bits per heavy atom. The number of ether oxygens (including phenoxy) is 1. The monoisotopic (exact) mass is 307 g/mol. The molecule has 0 aromatic heterocycles. The molecule has 0 saturated carbocycles. The van der Waals surface area contributed by atoms with Crippen molar-refractivity contribution in [3.8, 4) is 0 Å². The second-order valence-corrected chi connectivity index (χ2v) is 6.39. The summed E-state index contributed by atoms with van der Waals surface area (Å²) in [5, 5.41) is 8.77. The summed E-state index contributed by atoms with van der Waals surface area (Å²) in [5.41, 5.74) is 5.97. The number of aliphatic carboxylic acids is 1. The van der Waals surface area contributed by atoms with Gasteiger partial charge in [0, 0.05) is 12.8 Å². The quantitative estimate of drug-likeness (QED) is 0.720. The molecule has 0 spiro atoms. The van der Waals surface area contributed by atoms with Crippen molar-refractivity contribution in [2.24, 2.45) is 11.7 Å². The highest BCUT2D eigenvalue weighted by atomic mass is 16.6. The van der Waals surface area contributed by atoms with E-state index in [9.17, 15) is 9.59 Å². The topological polar surface area (TPSA) is 89.6 Å². The Morgan fingerprint density at radius 3 is 2.41 bits per heavy atom. The van der Waals surface area contributed by atoms with Gasteiger partial charge in [-0.15, -0.1) is 0 Å². The van der Waals surface area contributed by atoms with E-state index >= 15 is 0 Å². The normalized spacial score (nSPS) is 14.2. The standard InChI is InChI=1S/C17H25NO4/c1-12(9-14(18)16(20)21)10-15(19)22-17(2,3)11-13-7-5-4-6-8-13/h4-8,12,14H,9-11,18H2,1-3H3,(H,20,21)/t12?,14-/m0/s1. The molecule has 2 atom stereocenters. The fourth-order valence-electron chi connectivity index (χ4n) is 2.38. The van der Waals surface area contributed by atoms with E-state index in [0.29, 0.717) is 6.42 Å². The highest BCUT2D eigenvalue weighted by Crippen LogP contribution is 2.20. The van der Waals surface area contributed by atoms with Gasteiger partial charge in [0.25, 0.3) is 0 Å². The predicted molar refractivity (Wildman–Crippen MR) is 84.3 cm³/mol. The molecule has 22 heavy (non-hydrogen) atoms. The number of carboxylic acid groups (broad SMARTS) is 1. The molecule has 1 aromatic carbocycles. The first-order chi connectivity index (χ1) is 10.2. The van der Waals surface area contributed by atoms with Crippen molar-refractivity contribution in [3.05, 3.63) is 35.9 Å². The van der Waals surface area contributed by atoms with E-state index in [2.05, 4.69) is 0 Å². The number of carbonyl (C=O) groups excluding carboxylic acids is 1. The van der Waals surface area contributed by atoms with Crippen LogP contribution in [-0.4, -0.2) is 28.7 Å². The molecule has 0 radical (unpaired) electrons. The molecule has 0 bridgehead atoms. The minimum atomic E-state index is -1.05. The Morgan fingerprint density at radius 2 is 1.86 bits per heavy atom. The summed E-state index contributed by atoms with van der Waals surface area (Å²) in [6.45, 7) is 5.53. The SMILES string of the molecule is CC(CC(=O)OC(C)(C)Cc1ccccc1)C[C@H](N)C(=O)O. The zero-order valence-electron chi connectivity index (χ0n) is 13.4. The third kappa shape index (κ3) is 6.72. The Hall–Kier alpha value is -1.88. The van der Waals surface area contributed by atoms with E-state index in [-0.39, 0.29) is 24.7 Å². The van der Waals surface area contributed by atoms with Crippen LogP contribution in [0.5, 0.6) is 0 Å². The average molecular weight is 307 g/mol. The molecule has 1 rings (SSSR count). The van der Waals surface area contributed by atoms with Crippen molar-refractivity contribution < 1.29 is 19.4 Å². The maximum atomic E-state index is 12.0. The molecule has 0 aliphatic carbocycles. The fraction of sp³-hybridized carbons (Fsp3) is 0.529. The van der Waals surface area contributed by atoms with Crippen LogP contribution in [0.1, 0.15) is 39.2 Å². The minimum Gasteiger partial charge on any atom is -0.480 e. The zero-order chi connectivity index (χ0) is 16.8. The van der Waals surface area contributed by atoms with Crippen LogP contribution in [0.15, 0.2) is 30.3 Å². The van der Waals surface area contributed by atoms with E-state index in [1.165, 1.54) is 0 Å². The summed E-state index contributed by atoms with van der Waals surface area (Å²) < 4.78 is 5.53. The molecule has 5 heteroatoms. The molecule has 1 unspecified atom stereocenters. The zero-order valence-corrected chi connectivity index (χ0v) is 13.4. The number of carbonyl (C=O) groups is 2. The summed E-state index contributed by atoms with van der Waals surface area (Å²) >= 11 is 0. The lowest BCUT2D eigenvalue weighted by atomic mass is 9.97. The van der Waals surface area contributed by atoms with Gasteiger partial charge in [0.2, 0.25) is 0 Å². The smallest absolute Gasteiger partial charge is 0.320 e. The van der Waals surface area contributed by atoms with Crippen molar-refractivity contribution in [1.29, 1.82) is 0 Å². The molecule has 0 fully saturated rings. The molecule has 0 saturated heterocycles. The largest absolute Gasteiger partial charge is 0.480 e. The van der Waals surface area contributed by atoms with Crippen molar-refractivity contribution in [2.45, 2.75) is 51.7 Å². The average Bonchev–Trinajstić information content (AvgIpc) is 2.37. The van der Waals surface area contributed by atoms with Crippen molar-refractivity contribution in [2.75, 3.05) is 0 Å². The Labute approximate surface area is 131 Å². The lowest BCUT2D eigenvalue weighted by molar-refractivity contribution is -0.157. The molecular formula is C17H25NO4. The fourth-order valence-corrected chi connectivity index (χ4v) is 2.38. The third-order valence-electron chi connectivity index (χ3n) is 3.35. The first kappa shape index (κ1) is 18.2. The first-order valence-electron chi connectivity index (χ1n) is 7.44. The van der Waals surface area contributed by atoms with Gasteiger partial charge in [-0.05, 0) is 31.7 Å². The molecule has 0 heterocycles. The van der Waals surface area contributed by atoms with Crippen molar-refractivity contribution >= 4 is 11.9 Å². The Balaban J connectivity index is 2.47. The summed E-state index contributed by atoms with van der Waals surface area (Å²) in [6.07, 6.45) is 1.05. The summed E-state index contributed by atoms with van der Waals surface area (Å²) in [5.74, 6) is -1.51. The molecule has 1 aromatic rings. The van der Waals surface area contributed by atoms with Crippen molar-refractivity contribution in [3.63, 3.8) is 0 Å². The van der Waals surface area contributed by atoms with Gasteiger partial charge in [0.1, 0.15) is 11.6 Å². The number of carboxylic acids is 1.